The van der Waals surface area contributed by atoms with Gasteiger partial charge in [0.2, 0.25) is 0 Å². The van der Waals surface area contributed by atoms with Crippen LogP contribution in [0.5, 0.6) is 0 Å². The van der Waals surface area contributed by atoms with Crippen molar-refractivity contribution in [2.24, 2.45) is 0 Å². The van der Waals surface area contributed by atoms with Crippen molar-refractivity contribution in [2.75, 3.05) is 6.61 Å². The summed E-state index contributed by atoms with van der Waals surface area (Å²) in [7, 11) is 0. The van der Waals surface area contributed by atoms with Gasteiger partial charge in [-0.25, -0.2) is 4.98 Å². The predicted octanol–water partition coefficient (Wildman–Crippen LogP) is 3.93. The van der Waals surface area contributed by atoms with Gasteiger partial charge in [0.05, 0.1) is 16.6 Å². The van der Waals surface area contributed by atoms with Gasteiger partial charge in [0.15, 0.2) is 0 Å². The van der Waals surface area contributed by atoms with Crippen LogP contribution in [0.3, 0.4) is 0 Å². The number of alkyl halides is 3. The fraction of sp³-hybridized carbons (Fsp3) is 0.500. The number of hydrogen-bond donors (Lipinski definition) is 0. The van der Waals surface area contributed by atoms with E-state index in [-0.39, 0.29) is 6.10 Å². The SMILES string of the molecule is CCn1c(C2CCCO2)nc2cc(C(F)(F)F)ccc21. The van der Waals surface area contributed by atoms with Crippen LogP contribution in [0.25, 0.3) is 11.0 Å². The Bertz CT molecular complexity index is 627. The van der Waals surface area contributed by atoms with Crippen molar-refractivity contribution in [3.05, 3.63) is 29.6 Å². The van der Waals surface area contributed by atoms with Crippen LogP contribution in [-0.2, 0) is 17.5 Å². The normalized spacial score (nSPS) is 19.9. The minimum Gasteiger partial charge on any atom is -0.370 e. The summed E-state index contributed by atoms with van der Waals surface area (Å²) in [5, 5.41) is 0. The number of hydrogen-bond acceptors (Lipinski definition) is 2. The highest BCUT2D eigenvalue weighted by Gasteiger charge is 2.31. The predicted molar refractivity (Wildman–Crippen MR) is 68.3 cm³/mol. The quantitative estimate of drug-likeness (QED) is 0.835. The molecule has 1 aliphatic heterocycles. The van der Waals surface area contributed by atoms with Gasteiger partial charge in [-0.1, -0.05) is 0 Å². The molecule has 0 bridgehead atoms. The largest absolute Gasteiger partial charge is 0.416 e. The first-order chi connectivity index (χ1) is 9.50. The zero-order valence-electron chi connectivity index (χ0n) is 11.1. The molecule has 20 heavy (non-hydrogen) atoms. The lowest BCUT2D eigenvalue weighted by atomic mass is 10.2. The third-order valence-electron chi connectivity index (χ3n) is 3.64. The van der Waals surface area contributed by atoms with Crippen molar-refractivity contribution in [3.8, 4) is 0 Å². The second-order valence-electron chi connectivity index (χ2n) is 4.92. The van der Waals surface area contributed by atoms with Crippen LogP contribution in [0.15, 0.2) is 18.2 Å². The molecule has 3 rings (SSSR count). The Labute approximate surface area is 114 Å². The molecular formula is C14H15F3N2O. The van der Waals surface area contributed by atoms with Crippen LogP contribution in [0, 0.1) is 0 Å². The van der Waals surface area contributed by atoms with E-state index in [1.807, 2.05) is 11.5 Å². The summed E-state index contributed by atoms with van der Waals surface area (Å²) in [5.74, 6) is 0.735. The van der Waals surface area contributed by atoms with Gasteiger partial charge >= 0.3 is 6.18 Å². The fourth-order valence-electron chi connectivity index (χ4n) is 2.68. The molecule has 1 aromatic heterocycles. The lowest BCUT2D eigenvalue weighted by Crippen LogP contribution is -2.07. The first-order valence-corrected chi connectivity index (χ1v) is 6.69. The average molecular weight is 284 g/mol. The highest BCUT2D eigenvalue weighted by molar-refractivity contribution is 5.77. The van der Waals surface area contributed by atoms with Gasteiger partial charge < -0.3 is 9.30 Å². The number of rotatable bonds is 2. The van der Waals surface area contributed by atoms with Crippen LogP contribution in [0.1, 0.15) is 37.3 Å². The van der Waals surface area contributed by atoms with Gasteiger partial charge in [-0.15, -0.1) is 0 Å². The number of aromatic nitrogens is 2. The maximum atomic E-state index is 12.7. The van der Waals surface area contributed by atoms with E-state index in [2.05, 4.69) is 4.98 Å². The standard InChI is InChI=1S/C14H15F3N2O/c1-2-19-11-6-5-9(14(15,16)17)8-10(11)18-13(19)12-4-3-7-20-12/h5-6,8,12H,2-4,7H2,1H3. The summed E-state index contributed by atoms with van der Waals surface area (Å²) in [6.45, 7) is 3.31. The highest BCUT2D eigenvalue weighted by atomic mass is 19.4. The van der Waals surface area contributed by atoms with Crippen molar-refractivity contribution in [3.63, 3.8) is 0 Å². The average Bonchev–Trinajstić information content (AvgIpc) is 3.03. The lowest BCUT2D eigenvalue weighted by Gasteiger charge is -2.11. The van der Waals surface area contributed by atoms with Crippen LogP contribution >= 0.6 is 0 Å². The zero-order valence-corrected chi connectivity index (χ0v) is 11.1. The van der Waals surface area contributed by atoms with E-state index in [0.29, 0.717) is 18.7 Å². The Balaban J connectivity index is 2.12. The molecule has 1 saturated heterocycles. The van der Waals surface area contributed by atoms with Crippen molar-refractivity contribution >= 4 is 11.0 Å². The number of aryl methyl sites for hydroxylation is 1. The molecule has 1 aliphatic rings. The number of imidazole rings is 1. The van der Waals surface area contributed by atoms with E-state index in [1.54, 1.807) is 0 Å². The lowest BCUT2D eigenvalue weighted by molar-refractivity contribution is -0.137. The molecule has 0 saturated carbocycles. The molecule has 0 radical (unpaired) electrons. The monoisotopic (exact) mass is 284 g/mol. The Morgan fingerprint density at radius 2 is 2.20 bits per heavy atom. The molecule has 0 amide bonds. The Kier molecular flexibility index (Phi) is 3.20. The fourth-order valence-corrected chi connectivity index (χ4v) is 2.68. The van der Waals surface area contributed by atoms with E-state index in [9.17, 15) is 13.2 Å². The molecule has 1 unspecified atom stereocenters. The molecule has 1 aromatic carbocycles. The van der Waals surface area contributed by atoms with E-state index in [1.165, 1.54) is 6.07 Å². The minimum absolute atomic E-state index is 0.100. The number of fused-ring (bicyclic) bond motifs is 1. The first-order valence-electron chi connectivity index (χ1n) is 6.69. The second-order valence-corrected chi connectivity index (χ2v) is 4.92. The molecule has 1 fully saturated rings. The van der Waals surface area contributed by atoms with Gasteiger partial charge in [0.25, 0.3) is 0 Å². The highest BCUT2D eigenvalue weighted by Crippen LogP contribution is 2.34. The Morgan fingerprint density at radius 3 is 2.80 bits per heavy atom. The molecule has 0 spiro atoms. The topological polar surface area (TPSA) is 27.1 Å². The van der Waals surface area contributed by atoms with Gasteiger partial charge in [0, 0.05) is 13.2 Å². The first kappa shape index (κ1) is 13.4. The van der Waals surface area contributed by atoms with Gasteiger partial charge in [-0.2, -0.15) is 13.2 Å². The molecule has 2 heterocycles. The zero-order chi connectivity index (χ0) is 14.3. The van der Waals surface area contributed by atoms with Crippen LogP contribution < -0.4 is 0 Å². The number of benzene rings is 1. The van der Waals surface area contributed by atoms with Crippen molar-refractivity contribution < 1.29 is 17.9 Å². The number of halogens is 3. The van der Waals surface area contributed by atoms with Crippen molar-refractivity contribution in [2.45, 2.75) is 38.6 Å². The smallest absolute Gasteiger partial charge is 0.370 e. The summed E-state index contributed by atoms with van der Waals surface area (Å²) in [6.07, 6.45) is -2.61. The van der Waals surface area contributed by atoms with Crippen LogP contribution in [0.2, 0.25) is 0 Å². The molecule has 108 valence electrons. The van der Waals surface area contributed by atoms with Gasteiger partial charge in [-0.05, 0) is 38.0 Å². The van der Waals surface area contributed by atoms with E-state index < -0.39 is 11.7 Å². The van der Waals surface area contributed by atoms with Crippen LogP contribution in [-0.4, -0.2) is 16.2 Å². The van der Waals surface area contributed by atoms with Crippen LogP contribution in [0.4, 0.5) is 13.2 Å². The van der Waals surface area contributed by atoms with Crippen molar-refractivity contribution in [1.29, 1.82) is 0 Å². The molecule has 6 heteroatoms. The molecule has 3 nitrogen and oxygen atoms in total. The molecule has 0 N–H and O–H groups in total. The minimum atomic E-state index is -4.34. The second kappa shape index (κ2) is 4.77. The summed E-state index contributed by atoms with van der Waals surface area (Å²) >= 11 is 0. The summed E-state index contributed by atoms with van der Waals surface area (Å²) < 4.78 is 45.8. The summed E-state index contributed by atoms with van der Waals surface area (Å²) in [5.41, 5.74) is 0.447. The molecular weight excluding hydrogens is 269 g/mol. The number of nitrogens with zero attached hydrogens (tertiary/aromatic N) is 2. The van der Waals surface area contributed by atoms with E-state index >= 15 is 0 Å². The van der Waals surface area contributed by atoms with Gasteiger partial charge in [0.1, 0.15) is 11.9 Å². The van der Waals surface area contributed by atoms with Crippen molar-refractivity contribution in [1.82, 2.24) is 9.55 Å². The summed E-state index contributed by atoms with van der Waals surface area (Å²) in [6, 6.07) is 3.71. The molecule has 0 aliphatic carbocycles. The molecule has 2 aromatic rings. The molecule has 1 atom stereocenters. The summed E-state index contributed by atoms with van der Waals surface area (Å²) in [4.78, 5) is 4.38. The third kappa shape index (κ3) is 2.18. The van der Waals surface area contributed by atoms with Gasteiger partial charge in [-0.3, -0.25) is 0 Å². The maximum Gasteiger partial charge on any atom is 0.416 e. The number of ether oxygens (including phenoxy) is 1. The Morgan fingerprint density at radius 1 is 1.40 bits per heavy atom. The van der Waals surface area contributed by atoms with E-state index in [0.717, 1.165) is 36.3 Å². The van der Waals surface area contributed by atoms with E-state index in [4.69, 9.17) is 4.74 Å². The third-order valence-corrected chi connectivity index (χ3v) is 3.64. The maximum absolute atomic E-state index is 12.7. The Hall–Kier alpha value is -1.56.